The molecule has 3 heterocycles. The molecule has 1 amide bonds. The molecular weight excluding hydrogens is 358 g/mol. The highest BCUT2D eigenvalue weighted by Gasteiger charge is 2.28. The first-order chi connectivity index (χ1) is 12.4. The molecule has 9 nitrogen and oxygen atoms in total. The summed E-state index contributed by atoms with van der Waals surface area (Å²) < 4.78 is 27.6. The summed E-state index contributed by atoms with van der Waals surface area (Å²) in [5.74, 6) is 0. The molecular formula is C16H13N5O4S. The highest BCUT2D eigenvalue weighted by molar-refractivity contribution is 7.91. The van der Waals surface area contributed by atoms with Gasteiger partial charge in [0.25, 0.3) is 0 Å². The number of pyridine rings is 1. The normalized spacial score (nSPS) is 11.9. The Morgan fingerprint density at radius 3 is 2.77 bits per heavy atom. The first kappa shape index (κ1) is 16.1. The summed E-state index contributed by atoms with van der Waals surface area (Å²) in [7, 11) is -3.96. The van der Waals surface area contributed by atoms with Crippen LogP contribution in [0.1, 0.15) is 5.56 Å². The van der Waals surface area contributed by atoms with Crippen LogP contribution in [0, 0.1) is 6.92 Å². The average molecular weight is 371 g/mol. The van der Waals surface area contributed by atoms with E-state index >= 15 is 0 Å². The van der Waals surface area contributed by atoms with Crippen molar-refractivity contribution in [2.75, 3.05) is 5.43 Å². The first-order valence-electron chi connectivity index (χ1n) is 7.54. The molecule has 26 heavy (non-hydrogen) atoms. The number of rotatable bonds is 3. The van der Waals surface area contributed by atoms with Crippen molar-refractivity contribution in [3.8, 4) is 0 Å². The zero-order valence-electron chi connectivity index (χ0n) is 13.5. The molecule has 0 bridgehead atoms. The van der Waals surface area contributed by atoms with Crippen LogP contribution in [-0.2, 0) is 9.84 Å². The fourth-order valence-corrected chi connectivity index (χ4v) is 4.47. The van der Waals surface area contributed by atoms with Gasteiger partial charge < -0.3 is 10.1 Å². The highest BCUT2D eigenvalue weighted by Crippen LogP contribution is 2.31. The van der Waals surface area contributed by atoms with Crippen molar-refractivity contribution in [3.63, 3.8) is 0 Å². The molecule has 4 aromatic rings. The molecule has 0 spiro atoms. The van der Waals surface area contributed by atoms with Gasteiger partial charge in [-0.3, -0.25) is 0 Å². The molecule has 132 valence electrons. The maximum absolute atomic E-state index is 13.2. The Balaban J connectivity index is 2.08. The van der Waals surface area contributed by atoms with E-state index < -0.39 is 15.9 Å². The van der Waals surface area contributed by atoms with Crippen molar-refractivity contribution in [1.82, 2.24) is 19.6 Å². The molecule has 0 aliphatic rings. The van der Waals surface area contributed by atoms with E-state index in [1.165, 1.54) is 12.4 Å². The van der Waals surface area contributed by atoms with Crippen LogP contribution in [0.15, 0.2) is 52.8 Å². The standard InChI is InChI=1S/C16H13N5O4S/c1-9-4-2-3-5-11(9)26(24,25)15-12-13(10-6-7-17-14(10)19-15)21(8-18-12)20-16(22)23/h2-8,20H,1H3,(H,17,19)(H,22,23). The summed E-state index contributed by atoms with van der Waals surface area (Å²) in [4.78, 5) is 22.4. The lowest BCUT2D eigenvalue weighted by atomic mass is 10.2. The lowest BCUT2D eigenvalue weighted by molar-refractivity contribution is 0.206. The minimum Gasteiger partial charge on any atom is -0.464 e. The summed E-state index contributed by atoms with van der Waals surface area (Å²) in [6.45, 7) is 1.70. The number of nitrogens with zero attached hydrogens (tertiary/aromatic N) is 3. The van der Waals surface area contributed by atoms with Gasteiger partial charge in [-0.05, 0) is 24.6 Å². The average Bonchev–Trinajstić information content (AvgIpc) is 3.20. The quantitative estimate of drug-likeness (QED) is 0.506. The smallest absolute Gasteiger partial charge is 0.424 e. The summed E-state index contributed by atoms with van der Waals surface area (Å²) in [5, 5.41) is 9.33. The molecule has 0 atom stereocenters. The SMILES string of the molecule is Cc1ccccc1S(=O)(=O)c1nc2[nH]ccc2c2c1ncn2NC(=O)O. The van der Waals surface area contributed by atoms with E-state index in [1.54, 1.807) is 37.4 Å². The van der Waals surface area contributed by atoms with Gasteiger partial charge in [-0.1, -0.05) is 18.2 Å². The van der Waals surface area contributed by atoms with Crippen molar-refractivity contribution in [1.29, 1.82) is 0 Å². The van der Waals surface area contributed by atoms with Crippen LogP contribution in [0.4, 0.5) is 4.79 Å². The third-order valence-corrected chi connectivity index (χ3v) is 5.85. The molecule has 4 rings (SSSR count). The number of amides is 1. The highest BCUT2D eigenvalue weighted by atomic mass is 32.2. The molecule has 3 aromatic heterocycles. The van der Waals surface area contributed by atoms with Gasteiger partial charge in [0.2, 0.25) is 9.84 Å². The monoisotopic (exact) mass is 371 g/mol. The number of carboxylic acid groups (broad SMARTS) is 1. The third-order valence-electron chi connectivity index (χ3n) is 4.02. The number of H-pyrrole nitrogens is 1. The molecule has 10 heteroatoms. The largest absolute Gasteiger partial charge is 0.464 e. The molecule has 0 saturated carbocycles. The summed E-state index contributed by atoms with van der Waals surface area (Å²) in [6.07, 6.45) is 1.51. The fraction of sp³-hybridized carbons (Fsp3) is 0.0625. The Morgan fingerprint density at radius 1 is 1.27 bits per heavy atom. The van der Waals surface area contributed by atoms with E-state index in [2.05, 4.69) is 20.4 Å². The number of hydrogen-bond donors (Lipinski definition) is 3. The number of sulfone groups is 1. The topological polar surface area (TPSA) is 130 Å². The van der Waals surface area contributed by atoms with E-state index in [9.17, 15) is 13.2 Å². The Labute approximate surface area is 147 Å². The maximum atomic E-state index is 13.2. The van der Waals surface area contributed by atoms with Gasteiger partial charge in [0, 0.05) is 11.6 Å². The predicted octanol–water partition coefficient (Wildman–Crippen LogP) is 2.28. The minimum atomic E-state index is -3.96. The second-order valence-corrected chi connectivity index (χ2v) is 7.49. The van der Waals surface area contributed by atoms with Gasteiger partial charge in [-0.25, -0.2) is 33.3 Å². The van der Waals surface area contributed by atoms with Crippen molar-refractivity contribution < 1.29 is 18.3 Å². The Hall–Kier alpha value is -3.40. The van der Waals surface area contributed by atoms with Crippen molar-refractivity contribution in [2.45, 2.75) is 16.8 Å². The number of hydrogen-bond acceptors (Lipinski definition) is 5. The van der Waals surface area contributed by atoms with Crippen molar-refractivity contribution >= 4 is 38.0 Å². The minimum absolute atomic E-state index is 0.0918. The number of fused-ring (bicyclic) bond motifs is 3. The number of aromatic amines is 1. The van der Waals surface area contributed by atoms with Crippen LogP contribution >= 0.6 is 0 Å². The van der Waals surface area contributed by atoms with E-state index in [4.69, 9.17) is 5.11 Å². The summed E-state index contributed by atoms with van der Waals surface area (Å²) in [6, 6.07) is 8.26. The van der Waals surface area contributed by atoms with Crippen molar-refractivity contribution in [2.24, 2.45) is 0 Å². The number of aromatic nitrogens is 4. The van der Waals surface area contributed by atoms with E-state index in [1.807, 2.05) is 0 Å². The van der Waals surface area contributed by atoms with Crippen molar-refractivity contribution in [3.05, 3.63) is 48.4 Å². The predicted molar refractivity (Wildman–Crippen MR) is 93.4 cm³/mol. The van der Waals surface area contributed by atoms with E-state index in [0.717, 1.165) is 4.68 Å². The molecule has 0 aliphatic heterocycles. The molecule has 1 aromatic carbocycles. The van der Waals surface area contributed by atoms with Crippen LogP contribution in [0.2, 0.25) is 0 Å². The van der Waals surface area contributed by atoms with Crippen LogP contribution in [0.25, 0.3) is 22.1 Å². The number of nitrogens with one attached hydrogen (secondary N) is 2. The lowest BCUT2D eigenvalue weighted by Crippen LogP contribution is -2.19. The number of aryl methyl sites for hydroxylation is 1. The van der Waals surface area contributed by atoms with Gasteiger partial charge in [0.15, 0.2) is 5.03 Å². The van der Waals surface area contributed by atoms with E-state index in [0.29, 0.717) is 22.1 Å². The maximum Gasteiger partial charge on any atom is 0.424 e. The van der Waals surface area contributed by atoms with Gasteiger partial charge in [-0.15, -0.1) is 0 Å². The Morgan fingerprint density at radius 2 is 2.04 bits per heavy atom. The van der Waals surface area contributed by atoms with Gasteiger partial charge in [-0.2, -0.15) is 0 Å². The zero-order chi connectivity index (χ0) is 18.5. The molecule has 0 aliphatic carbocycles. The summed E-state index contributed by atoms with van der Waals surface area (Å²) in [5.41, 5.74) is 3.48. The van der Waals surface area contributed by atoms with Crippen LogP contribution in [-0.4, -0.2) is 39.2 Å². The third kappa shape index (κ3) is 2.30. The molecule has 0 unspecified atom stereocenters. The molecule has 0 radical (unpaired) electrons. The second kappa shape index (κ2) is 5.56. The molecule has 0 saturated heterocycles. The zero-order valence-corrected chi connectivity index (χ0v) is 14.3. The van der Waals surface area contributed by atoms with Crippen LogP contribution in [0.5, 0.6) is 0 Å². The number of carbonyl (C=O) groups is 1. The van der Waals surface area contributed by atoms with Gasteiger partial charge in [0.1, 0.15) is 23.0 Å². The number of benzene rings is 1. The Bertz CT molecular complexity index is 1270. The summed E-state index contributed by atoms with van der Waals surface area (Å²) >= 11 is 0. The van der Waals surface area contributed by atoms with Crippen LogP contribution in [0.3, 0.4) is 0 Å². The Kier molecular flexibility index (Phi) is 3.44. The molecule has 0 fully saturated rings. The van der Waals surface area contributed by atoms with Gasteiger partial charge >= 0.3 is 6.09 Å². The lowest BCUT2D eigenvalue weighted by Gasteiger charge is -2.09. The van der Waals surface area contributed by atoms with Gasteiger partial charge in [0.05, 0.1) is 4.90 Å². The molecule has 3 N–H and O–H groups in total. The second-order valence-electron chi connectivity index (χ2n) is 5.65. The van der Waals surface area contributed by atoms with E-state index in [-0.39, 0.29) is 15.4 Å². The fourth-order valence-electron chi connectivity index (χ4n) is 2.90. The van der Waals surface area contributed by atoms with Crippen LogP contribution < -0.4 is 5.43 Å². The first-order valence-corrected chi connectivity index (χ1v) is 9.02. The number of imidazole rings is 1.